The van der Waals surface area contributed by atoms with Gasteiger partial charge in [-0.1, -0.05) is 31.4 Å². The summed E-state index contributed by atoms with van der Waals surface area (Å²) in [7, 11) is 0. The van der Waals surface area contributed by atoms with Gasteiger partial charge in [-0.25, -0.2) is 9.78 Å². The lowest BCUT2D eigenvalue weighted by Crippen LogP contribution is -2.26. The molecule has 1 aliphatic carbocycles. The first-order chi connectivity index (χ1) is 16.9. The van der Waals surface area contributed by atoms with Crippen LogP contribution in [0.5, 0.6) is 5.75 Å². The summed E-state index contributed by atoms with van der Waals surface area (Å²) in [5.74, 6) is 1.18. The monoisotopic (exact) mass is 699 g/mol. The minimum absolute atomic E-state index is 0.153. The fourth-order valence-corrected chi connectivity index (χ4v) is 6.32. The molecule has 1 heterocycles. The van der Waals surface area contributed by atoms with Gasteiger partial charge in [-0.15, -0.1) is 0 Å². The fourth-order valence-electron chi connectivity index (χ4n) is 4.25. The molecule has 1 aliphatic rings. The molecule has 1 aromatic heterocycles. The number of carbonyl (C=O) groups excluding carboxylic acids is 1. The first-order valence-corrected chi connectivity index (χ1v) is 13.9. The summed E-state index contributed by atoms with van der Waals surface area (Å²) in [5, 5.41) is 5.18. The zero-order valence-corrected chi connectivity index (χ0v) is 24.0. The van der Waals surface area contributed by atoms with Gasteiger partial charge in [0.25, 0.3) is 5.56 Å². The SMILES string of the molecule is CCOC(=O)[C@H](C)Oc1c(I)cc(C=Nn2c(C3CCCCC3)nc3ccccc3c2=O)cc1I. The Balaban J connectivity index is 1.68. The van der Waals surface area contributed by atoms with Crippen LogP contribution in [0.25, 0.3) is 10.9 Å². The van der Waals surface area contributed by atoms with Crippen LogP contribution >= 0.6 is 45.2 Å². The molecule has 0 radical (unpaired) electrons. The van der Waals surface area contributed by atoms with E-state index in [1.54, 1.807) is 26.1 Å². The molecule has 4 rings (SSSR count). The Bertz CT molecular complexity index is 1290. The third kappa shape index (κ3) is 6.04. The molecule has 1 atom stereocenters. The van der Waals surface area contributed by atoms with Gasteiger partial charge in [-0.3, -0.25) is 4.79 Å². The molecule has 35 heavy (non-hydrogen) atoms. The van der Waals surface area contributed by atoms with Crippen LogP contribution in [-0.2, 0) is 9.53 Å². The molecule has 1 saturated carbocycles. The van der Waals surface area contributed by atoms with Crippen molar-refractivity contribution in [2.24, 2.45) is 5.10 Å². The Kier molecular flexibility index (Phi) is 8.79. The van der Waals surface area contributed by atoms with Gasteiger partial charge in [0.1, 0.15) is 11.6 Å². The average molecular weight is 699 g/mol. The van der Waals surface area contributed by atoms with Crippen LogP contribution in [0.15, 0.2) is 46.3 Å². The van der Waals surface area contributed by atoms with Gasteiger partial charge in [0.05, 0.1) is 30.9 Å². The van der Waals surface area contributed by atoms with Gasteiger partial charge in [-0.2, -0.15) is 9.78 Å². The summed E-state index contributed by atoms with van der Waals surface area (Å²) in [4.78, 5) is 30.2. The molecule has 3 aromatic rings. The largest absolute Gasteiger partial charge is 0.477 e. The molecule has 0 amide bonds. The van der Waals surface area contributed by atoms with Crippen LogP contribution in [0.3, 0.4) is 0 Å². The number of para-hydroxylation sites is 1. The standard InChI is InChI=1S/C26H27I2N3O4/c1-3-34-26(33)16(2)35-23-20(27)13-17(14-21(23)28)15-29-31-24(18-9-5-4-6-10-18)30-22-12-8-7-11-19(22)25(31)32/h7-8,11-16,18H,3-6,9-10H2,1-2H3/t16-/m0/s1. The molecule has 184 valence electrons. The molecule has 0 unspecified atom stereocenters. The number of nitrogens with zero attached hydrogens (tertiary/aromatic N) is 3. The Morgan fingerprint density at radius 3 is 2.57 bits per heavy atom. The Morgan fingerprint density at radius 2 is 1.89 bits per heavy atom. The number of rotatable bonds is 7. The summed E-state index contributed by atoms with van der Waals surface area (Å²) >= 11 is 4.36. The summed E-state index contributed by atoms with van der Waals surface area (Å²) in [6.07, 6.45) is 6.50. The van der Waals surface area contributed by atoms with E-state index in [2.05, 4.69) is 50.3 Å². The topological polar surface area (TPSA) is 82.8 Å². The molecule has 0 spiro atoms. The molecular weight excluding hydrogens is 672 g/mol. The van der Waals surface area contributed by atoms with Crippen LogP contribution in [0.4, 0.5) is 0 Å². The molecule has 9 heteroatoms. The maximum absolute atomic E-state index is 13.4. The second-order valence-electron chi connectivity index (χ2n) is 8.51. The lowest BCUT2D eigenvalue weighted by atomic mass is 9.88. The minimum Gasteiger partial charge on any atom is -0.477 e. The van der Waals surface area contributed by atoms with Gasteiger partial charge in [0, 0.05) is 5.92 Å². The molecule has 0 N–H and O–H groups in total. The smallest absolute Gasteiger partial charge is 0.347 e. The quantitative estimate of drug-likeness (QED) is 0.175. The van der Waals surface area contributed by atoms with Gasteiger partial charge >= 0.3 is 5.97 Å². The van der Waals surface area contributed by atoms with E-state index in [4.69, 9.17) is 14.5 Å². The minimum atomic E-state index is -0.711. The zero-order chi connectivity index (χ0) is 24.9. The van der Waals surface area contributed by atoms with Crippen molar-refractivity contribution >= 4 is 68.3 Å². The van der Waals surface area contributed by atoms with Crippen LogP contribution in [0.2, 0.25) is 0 Å². The average Bonchev–Trinajstić information content (AvgIpc) is 2.86. The second kappa shape index (κ2) is 11.8. The molecular formula is C26H27I2N3O4. The number of hydrogen-bond donors (Lipinski definition) is 0. The number of benzene rings is 2. The summed E-state index contributed by atoms with van der Waals surface area (Å²) in [5.41, 5.74) is 1.38. The predicted molar refractivity (Wildman–Crippen MR) is 153 cm³/mol. The van der Waals surface area contributed by atoms with E-state index in [-0.39, 0.29) is 11.5 Å². The number of ether oxygens (including phenoxy) is 2. The highest BCUT2D eigenvalue weighted by Crippen LogP contribution is 2.32. The Morgan fingerprint density at radius 1 is 1.20 bits per heavy atom. The van der Waals surface area contributed by atoms with E-state index in [0.29, 0.717) is 23.3 Å². The normalized spacial score (nSPS) is 15.4. The number of fused-ring (bicyclic) bond motifs is 1. The van der Waals surface area contributed by atoms with E-state index in [1.165, 1.54) is 11.1 Å². The van der Waals surface area contributed by atoms with E-state index in [1.807, 2.05) is 30.3 Å². The third-order valence-corrected chi connectivity index (χ3v) is 7.61. The number of carbonyl (C=O) groups is 1. The second-order valence-corrected chi connectivity index (χ2v) is 10.8. The number of esters is 1. The van der Waals surface area contributed by atoms with E-state index in [0.717, 1.165) is 44.2 Å². The van der Waals surface area contributed by atoms with Crippen molar-refractivity contribution in [3.05, 3.63) is 65.3 Å². The maximum atomic E-state index is 13.4. The Labute approximate surface area is 231 Å². The van der Waals surface area contributed by atoms with Gasteiger partial charge < -0.3 is 9.47 Å². The van der Waals surface area contributed by atoms with Crippen LogP contribution < -0.4 is 10.3 Å². The van der Waals surface area contributed by atoms with Gasteiger partial charge in [0.2, 0.25) is 0 Å². The number of hydrogen-bond acceptors (Lipinski definition) is 6. The lowest BCUT2D eigenvalue weighted by molar-refractivity contribution is -0.150. The van der Waals surface area contributed by atoms with Crippen molar-refractivity contribution in [2.75, 3.05) is 6.61 Å². The third-order valence-electron chi connectivity index (χ3n) is 6.01. The highest BCUT2D eigenvalue weighted by molar-refractivity contribution is 14.1. The van der Waals surface area contributed by atoms with Crippen LogP contribution in [0.1, 0.15) is 63.3 Å². The van der Waals surface area contributed by atoms with Gasteiger partial charge in [-0.05, 0) is 102 Å². The van der Waals surface area contributed by atoms with Crippen molar-refractivity contribution in [2.45, 2.75) is 58.0 Å². The van der Waals surface area contributed by atoms with E-state index >= 15 is 0 Å². The van der Waals surface area contributed by atoms with Crippen molar-refractivity contribution in [1.82, 2.24) is 9.66 Å². The van der Waals surface area contributed by atoms with E-state index < -0.39 is 12.1 Å². The van der Waals surface area contributed by atoms with Crippen molar-refractivity contribution in [3.63, 3.8) is 0 Å². The molecule has 0 aliphatic heterocycles. The molecule has 1 fully saturated rings. The first-order valence-electron chi connectivity index (χ1n) is 11.8. The fraction of sp³-hybridized carbons (Fsp3) is 0.385. The molecule has 2 aromatic carbocycles. The summed E-state index contributed by atoms with van der Waals surface area (Å²) in [6, 6.07) is 11.3. The molecule has 0 bridgehead atoms. The highest BCUT2D eigenvalue weighted by Gasteiger charge is 2.23. The van der Waals surface area contributed by atoms with Gasteiger partial charge in [0.15, 0.2) is 6.10 Å². The predicted octanol–water partition coefficient (Wildman–Crippen LogP) is 5.87. The van der Waals surface area contributed by atoms with Crippen molar-refractivity contribution in [3.8, 4) is 5.75 Å². The first kappa shape index (κ1) is 26.1. The molecule has 0 saturated heterocycles. The lowest BCUT2D eigenvalue weighted by Gasteiger charge is -2.22. The highest BCUT2D eigenvalue weighted by atomic mass is 127. The Hall–Kier alpha value is -2.02. The summed E-state index contributed by atoms with van der Waals surface area (Å²) < 4.78 is 14.1. The van der Waals surface area contributed by atoms with Crippen molar-refractivity contribution in [1.29, 1.82) is 0 Å². The zero-order valence-electron chi connectivity index (χ0n) is 19.7. The van der Waals surface area contributed by atoms with Crippen LogP contribution in [-0.4, -0.2) is 34.6 Å². The van der Waals surface area contributed by atoms with E-state index in [9.17, 15) is 9.59 Å². The van der Waals surface area contributed by atoms with Crippen LogP contribution in [0, 0.1) is 7.14 Å². The number of halogens is 2. The maximum Gasteiger partial charge on any atom is 0.347 e. The number of aromatic nitrogens is 2. The van der Waals surface area contributed by atoms with Crippen molar-refractivity contribution < 1.29 is 14.3 Å². The summed E-state index contributed by atoms with van der Waals surface area (Å²) in [6.45, 7) is 3.75. The molecule has 7 nitrogen and oxygen atoms in total.